The molecule has 0 rings (SSSR count). The molecule has 0 aromatic rings. The van der Waals surface area contributed by atoms with Crippen LogP contribution in [0.25, 0.3) is 0 Å². The Morgan fingerprint density at radius 3 is 1.33 bits per heavy atom. The summed E-state index contributed by atoms with van der Waals surface area (Å²) in [5, 5.41) is 8.90. The second-order valence-corrected chi connectivity index (χ2v) is 4.76. The SMILES string of the molecule is C.C.C.C.CCC(C)(C#N)CC(C)(C)C. The van der Waals surface area contributed by atoms with Crippen molar-refractivity contribution in [3.05, 3.63) is 0 Å². The zero-order chi connectivity index (χ0) is 9.12. The standard InChI is InChI=1S/C10H19N.4CH4/c1-6-10(5,8-11)7-9(2,3)4;;;;/h6-7H2,1-5H3;4*1H4. The summed E-state index contributed by atoms with van der Waals surface area (Å²) in [4.78, 5) is 0. The van der Waals surface area contributed by atoms with Gasteiger partial charge in [-0.05, 0) is 25.2 Å². The molecule has 1 nitrogen and oxygen atoms in total. The number of rotatable bonds is 2. The molecule has 0 saturated heterocycles. The second-order valence-electron chi connectivity index (χ2n) is 4.76. The summed E-state index contributed by atoms with van der Waals surface area (Å²) in [6, 6.07) is 2.38. The van der Waals surface area contributed by atoms with E-state index in [4.69, 9.17) is 5.26 Å². The van der Waals surface area contributed by atoms with Crippen LogP contribution in [0.15, 0.2) is 0 Å². The molecular formula is C14H35N. The molecule has 0 N–H and O–H groups in total. The first kappa shape index (κ1) is 29.3. The average Bonchev–Trinajstić information content (AvgIpc) is 1.84. The molecule has 0 aliphatic heterocycles. The van der Waals surface area contributed by atoms with E-state index in [0.29, 0.717) is 0 Å². The lowest BCUT2D eigenvalue weighted by Gasteiger charge is -2.28. The number of nitrogens with zero attached hydrogens (tertiary/aromatic N) is 1. The van der Waals surface area contributed by atoms with E-state index >= 15 is 0 Å². The number of hydrogen-bond acceptors (Lipinski definition) is 1. The first-order valence-electron chi connectivity index (χ1n) is 4.24. The van der Waals surface area contributed by atoms with Gasteiger partial charge < -0.3 is 0 Å². The van der Waals surface area contributed by atoms with E-state index in [9.17, 15) is 0 Å². The van der Waals surface area contributed by atoms with Crippen molar-refractivity contribution in [2.24, 2.45) is 10.8 Å². The first-order chi connectivity index (χ1) is 4.83. The average molecular weight is 217 g/mol. The predicted octanol–water partition coefficient (Wildman–Crippen LogP) is 5.91. The van der Waals surface area contributed by atoms with Crippen molar-refractivity contribution in [1.29, 1.82) is 5.26 Å². The molecule has 0 spiro atoms. The number of hydrogen-bond donors (Lipinski definition) is 0. The Bertz CT molecular complexity index is 159. The Kier molecular flexibility index (Phi) is 19.6. The van der Waals surface area contributed by atoms with Gasteiger partial charge in [-0.2, -0.15) is 5.26 Å². The Balaban J connectivity index is -0.0000000833. The van der Waals surface area contributed by atoms with Gasteiger partial charge in [-0.25, -0.2) is 0 Å². The van der Waals surface area contributed by atoms with Crippen LogP contribution in [0.5, 0.6) is 0 Å². The van der Waals surface area contributed by atoms with Gasteiger partial charge in [0.25, 0.3) is 0 Å². The maximum atomic E-state index is 8.90. The van der Waals surface area contributed by atoms with Crippen LogP contribution in [0.1, 0.15) is 77.2 Å². The van der Waals surface area contributed by atoms with E-state index in [1.807, 2.05) is 6.92 Å². The molecule has 0 heterocycles. The van der Waals surface area contributed by atoms with Gasteiger partial charge in [-0.3, -0.25) is 0 Å². The Hall–Kier alpha value is -0.510. The lowest BCUT2D eigenvalue weighted by Crippen LogP contribution is -2.21. The molecule has 0 saturated carbocycles. The molecule has 1 unspecified atom stereocenters. The molecule has 0 aliphatic rings. The molecule has 0 bridgehead atoms. The van der Waals surface area contributed by atoms with Crippen molar-refractivity contribution in [2.75, 3.05) is 0 Å². The van der Waals surface area contributed by atoms with Crippen LogP contribution in [0, 0.1) is 22.2 Å². The highest BCUT2D eigenvalue weighted by atomic mass is 14.4. The molecule has 1 heteroatoms. The molecule has 0 aromatic carbocycles. The monoisotopic (exact) mass is 217 g/mol. The highest BCUT2D eigenvalue weighted by Gasteiger charge is 2.27. The zero-order valence-electron chi connectivity index (χ0n) is 8.36. The van der Waals surface area contributed by atoms with Gasteiger partial charge in [0.15, 0.2) is 0 Å². The van der Waals surface area contributed by atoms with Crippen molar-refractivity contribution in [1.82, 2.24) is 0 Å². The highest BCUT2D eigenvalue weighted by Crippen LogP contribution is 2.35. The molecule has 15 heavy (non-hydrogen) atoms. The third-order valence-corrected chi connectivity index (χ3v) is 1.97. The smallest absolute Gasteiger partial charge is 0.0686 e. The van der Waals surface area contributed by atoms with Crippen molar-refractivity contribution in [2.45, 2.75) is 77.2 Å². The van der Waals surface area contributed by atoms with E-state index in [1.54, 1.807) is 0 Å². The van der Waals surface area contributed by atoms with Crippen LogP contribution in [0.3, 0.4) is 0 Å². The van der Waals surface area contributed by atoms with Crippen molar-refractivity contribution >= 4 is 0 Å². The van der Waals surface area contributed by atoms with Gasteiger partial charge in [-0.15, -0.1) is 0 Å². The molecule has 96 valence electrons. The summed E-state index contributed by atoms with van der Waals surface area (Å²) < 4.78 is 0. The quantitative estimate of drug-likeness (QED) is 0.564. The van der Waals surface area contributed by atoms with Crippen LogP contribution >= 0.6 is 0 Å². The summed E-state index contributed by atoms with van der Waals surface area (Å²) in [7, 11) is 0. The van der Waals surface area contributed by atoms with Crippen molar-refractivity contribution < 1.29 is 0 Å². The Morgan fingerprint density at radius 1 is 0.933 bits per heavy atom. The van der Waals surface area contributed by atoms with Crippen LogP contribution in [-0.4, -0.2) is 0 Å². The third kappa shape index (κ3) is 13.5. The Labute approximate surface area is 99.9 Å². The summed E-state index contributed by atoms with van der Waals surface area (Å²) in [6.07, 6.45) is 1.92. The van der Waals surface area contributed by atoms with Gasteiger partial charge in [-0.1, -0.05) is 57.4 Å². The fourth-order valence-corrected chi connectivity index (χ4v) is 1.41. The van der Waals surface area contributed by atoms with Gasteiger partial charge in [0, 0.05) is 0 Å². The fraction of sp³-hybridized carbons (Fsp3) is 0.929. The molecule has 0 radical (unpaired) electrons. The van der Waals surface area contributed by atoms with Crippen LogP contribution in [-0.2, 0) is 0 Å². The van der Waals surface area contributed by atoms with Crippen LogP contribution in [0.4, 0.5) is 0 Å². The molecule has 0 aliphatic carbocycles. The van der Waals surface area contributed by atoms with E-state index in [1.165, 1.54) is 0 Å². The topological polar surface area (TPSA) is 23.8 Å². The largest absolute Gasteiger partial charge is 0.198 e. The second kappa shape index (κ2) is 10.0. The van der Waals surface area contributed by atoms with Crippen LogP contribution < -0.4 is 0 Å². The van der Waals surface area contributed by atoms with E-state index < -0.39 is 0 Å². The Morgan fingerprint density at radius 2 is 1.27 bits per heavy atom. The fourth-order valence-electron chi connectivity index (χ4n) is 1.41. The maximum Gasteiger partial charge on any atom is 0.0686 e. The summed E-state index contributed by atoms with van der Waals surface area (Å²) in [5.74, 6) is 0. The minimum Gasteiger partial charge on any atom is -0.198 e. The van der Waals surface area contributed by atoms with E-state index in [-0.39, 0.29) is 40.5 Å². The minimum absolute atomic E-state index is 0. The van der Waals surface area contributed by atoms with E-state index in [2.05, 4.69) is 33.8 Å². The molecule has 0 amide bonds. The van der Waals surface area contributed by atoms with Crippen molar-refractivity contribution in [3.63, 3.8) is 0 Å². The van der Waals surface area contributed by atoms with Gasteiger partial charge in [0.1, 0.15) is 0 Å². The summed E-state index contributed by atoms with van der Waals surface area (Å²) in [5.41, 5.74) is 0.138. The summed E-state index contributed by atoms with van der Waals surface area (Å²) in [6.45, 7) is 10.7. The van der Waals surface area contributed by atoms with Gasteiger partial charge in [0.2, 0.25) is 0 Å². The summed E-state index contributed by atoms with van der Waals surface area (Å²) >= 11 is 0. The lowest BCUT2D eigenvalue weighted by molar-refractivity contribution is 0.244. The maximum absolute atomic E-state index is 8.90. The predicted molar refractivity (Wildman–Crippen MR) is 75.0 cm³/mol. The van der Waals surface area contributed by atoms with Gasteiger partial charge >= 0.3 is 0 Å². The highest BCUT2D eigenvalue weighted by molar-refractivity contribution is 4.96. The lowest BCUT2D eigenvalue weighted by atomic mass is 9.74. The molecular weight excluding hydrogens is 182 g/mol. The zero-order valence-corrected chi connectivity index (χ0v) is 8.36. The third-order valence-electron chi connectivity index (χ3n) is 1.97. The molecule has 1 atom stereocenters. The normalized spacial score (nSPS) is 12.5. The van der Waals surface area contributed by atoms with Crippen LogP contribution in [0.2, 0.25) is 0 Å². The van der Waals surface area contributed by atoms with Crippen molar-refractivity contribution in [3.8, 4) is 6.07 Å². The van der Waals surface area contributed by atoms with Gasteiger partial charge in [0.05, 0.1) is 11.5 Å². The molecule has 0 fully saturated rings. The molecule has 0 aromatic heterocycles. The van der Waals surface area contributed by atoms with E-state index in [0.717, 1.165) is 12.8 Å². The first-order valence-corrected chi connectivity index (χ1v) is 4.24. The number of nitriles is 1. The minimum atomic E-state index is -0.127.